The Hall–Kier alpha value is -2.59. The average Bonchev–Trinajstić information content (AvgIpc) is 2.81. The number of hydrogen-bond acceptors (Lipinski definition) is 4. The molecule has 4 heteroatoms. The number of rotatable bonds is 1. The van der Waals surface area contributed by atoms with Crippen molar-refractivity contribution in [3.8, 4) is 35.7 Å². The molecule has 1 aliphatic rings. The van der Waals surface area contributed by atoms with Gasteiger partial charge in [0.2, 0.25) is 6.79 Å². The lowest BCUT2D eigenvalue weighted by molar-refractivity contribution is -0.135. The van der Waals surface area contributed by atoms with Gasteiger partial charge >= 0.3 is 5.97 Å². The van der Waals surface area contributed by atoms with Crippen LogP contribution in [0.1, 0.15) is 5.56 Å². The molecule has 84 valence electrons. The van der Waals surface area contributed by atoms with Crippen LogP contribution in [0, 0.1) is 24.2 Å². The first-order valence-electron chi connectivity index (χ1n) is 4.81. The molecule has 0 fully saturated rings. The molecule has 0 amide bonds. The molecule has 1 aliphatic heterocycles. The lowest BCUT2D eigenvalue weighted by Crippen LogP contribution is -2.00. The van der Waals surface area contributed by atoms with Crippen molar-refractivity contribution in [2.75, 3.05) is 13.4 Å². The molecule has 0 bridgehead atoms. The fourth-order valence-electron chi connectivity index (χ4n) is 1.24. The Kier molecular flexibility index (Phi) is 3.18. The standard InChI is InChI=1S/C13H8O4/c1-2-7-15-13(14)6-4-10-3-5-11-12(8-10)17-9-16-11/h1,3,5,8H,7,9H2. The van der Waals surface area contributed by atoms with Crippen LogP contribution >= 0.6 is 0 Å². The maximum absolute atomic E-state index is 11.1. The van der Waals surface area contributed by atoms with Gasteiger partial charge in [-0.2, -0.15) is 0 Å². The van der Waals surface area contributed by atoms with Crippen molar-refractivity contribution < 1.29 is 19.0 Å². The third kappa shape index (κ3) is 2.70. The monoisotopic (exact) mass is 228 g/mol. The molecule has 0 unspecified atom stereocenters. The number of benzene rings is 1. The molecule has 1 aromatic rings. The first kappa shape index (κ1) is 10.9. The Morgan fingerprint density at radius 3 is 3.06 bits per heavy atom. The van der Waals surface area contributed by atoms with Crippen LogP contribution in [0.4, 0.5) is 0 Å². The molecule has 0 saturated carbocycles. The number of carbonyl (C=O) groups excluding carboxylic acids is 1. The van der Waals surface area contributed by atoms with E-state index in [2.05, 4.69) is 22.5 Å². The molecule has 1 aromatic carbocycles. The fraction of sp³-hybridized carbons (Fsp3) is 0.154. The molecule has 0 spiro atoms. The van der Waals surface area contributed by atoms with E-state index in [0.29, 0.717) is 17.1 Å². The van der Waals surface area contributed by atoms with Crippen molar-refractivity contribution in [1.82, 2.24) is 0 Å². The van der Waals surface area contributed by atoms with E-state index in [4.69, 9.17) is 15.9 Å². The van der Waals surface area contributed by atoms with E-state index >= 15 is 0 Å². The zero-order valence-corrected chi connectivity index (χ0v) is 8.86. The normalized spacial score (nSPS) is 11.0. The van der Waals surface area contributed by atoms with E-state index in [-0.39, 0.29) is 13.4 Å². The molecule has 0 radical (unpaired) electrons. The summed E-state index contributed by atoms with van der Waals surface area (Å²) < 4.78 is 14.9. The van der Waals surface area contributed by atoms with Crippen molar-refractivity contribution in [2.45, 2.75) is 0 Å². The van der Waals surface area contributed by atoms with Gasteiger partial charge in [0.15, 0.2) is 18.1 Å². The van der Waals surface area contributed by atoms with Crippen molar-refractivity contribution >= 4 is 5.97 Å². The number of esters is 1. The Bertz CT molecular complexity index is 543. The van der Waals surface area contributed by atoms with Crippen LogP contribution in [0.5, 0.6) is 11.5 Å². The molecule has 4 nitrogen and oxygen atoms in total. The molecule has 0 N–H and O–H groups in total. The summed E-state index contributed by atoms with van der Waals surface area (Å²) in [6, 6.07) is 5.16. The molecule has 0 aromatic heterocycles. The van der Waals surface area contributed by atoms with Gasteiger partial charge in [-0.15, -0.1) is 6.42 Å². The van der Waals surface area contributed by atoms with Gasteiger partial charge in [-0.05, 0) is 18.2 Å². The summed E-state index contributed by atoms with van der Waals surface area (Å²) in [5.41, 5.74) is 0.645. The quantitative estimate of drug-likeness (QED) is 0.530. The maximum Gasteiger partial charge on any atom is 0.385 e. The number of fused-ring (bicyclic) bond motifs is 1. The highest BCUT2D eigenvalue weighted by Crippen LogP contribution is 2.32. The van der Waals surface area contributed by atoms with Gasteiger partial charge in [-0.3, -0.25) is 0 Å². The van der Waals surface area contributed by atoms with Gasteiger partial charge in [0.25, 0.3) is 0 Å². The van der Waals surface area contributed by atoms with Crippen LogP contribution in [0.2, 0.25) is 0 Å². The van der Waals surface area contributed by atoms with Gasteiger partial charge in [0.1, 0.15) is 0 Å². The third-order valence-corrected chi connectivity index (χ3v) is 1.97. The second-order valence-electron chi connectivity index (χ2n) is 3.10. The second kappa shape index (κ2) is 4.96. The number of carbonyl (C=O) groups is 1. The molecule has 17 heavy (non-hydrogen) atoms. The third-order valence-electron chi connectivity index (χ3n) is 1.97. The predicted octanol–water partition coefficient (Wildman–Crippen LogP) is 0.943. The highest BCUT2D eigenvalue weighted by molar-refractivity contribution is 5.89. The Balaban J connectivity index is 2.07. The van der Waals surface area contributed by atoms with Gasteiger partial charge in [0, 0.05) is 11.5 Å². The van der Waals surface area contributed by atoms with E-state index in [0.717, 1.165) is 0 Å². The average molecular weight is 228 g/mol. The minimum Gasteiger partial charge on any atom is -0.454 e. The highest BCUT2D eigenvalue weighted by atomic mass is 16.7. The topological polar surface area (TPSA) is 44.8 Å². The largest absolute Gasteiger partial charge is 0.454 e. The number of terminal acetylenes is 1. The highest BCUT2D eigenvalue weighted by Gasteiger charge is 2.12. The van der Waals surface area contributed by atoms with Crippen molar-refractivity contribution in [1.29, 1.82) is 0 Å². The molecular formula is C13H8O4. The minimum atomic E-state index is -0.652. The lowest BCUT2D eigenvalue weighted by Gasteiger charge is -1.95. The fourth-order valence-corrected chi connectivity index (χ4v) is 1.24. The zero-order valence-electron chi connectivity index (χ0n) is 8.86. The van der Waals surface area contributed by atoms with Gasteiger partial charge < -0.3 is 14.2 Å². The first-order valence-corrected chi connectivity index (χ1v) is 4.81. The van der Waals surface area contributed by atoms with E-state index in [9.17, 15) is 4.79 Å². The summed E-state index contributed by atoms with van der Waals surface area (Å²) in [4.78, 5) is 11.1. The Labute approximate surface area is 98.5 Å². The first-order chi connectivity index (χ1) is 8.29. The molecule has 1 heterocycles. The van der Waals surface area contributed by atoms with Gasteiger partial charge in [-0.1, -0.05) is 11.8 Å². The van der Waals surface area contributed by atoms with Crippen LogP contribution in [0.25, 0.3) is 0 Å². The van der Waals surface area contributed by atoms with Crippen LogP contribution < -0.4 is 9.47 Å². The van der Waals surface area contributed by atoms with Gasteiger partial charge in [0.05, 0.1) is 0 Å². The summed E-state index contributed by atoms with van der Waals surface area (Å²) in [6.45, 7) is 0.130. The molecule has 0 atom stereocenters. The summed E-state index contributed by atoms with van der Waals surface area (Å²) in [6.07, 6.45) is 4.94. The summed E-state index contributed by atoms with van der Waals surface area (Å²) >= 11 is 0. The molecule has 0 aliphatic carbocycles. The van der Waals surface area contributed by atoms with Crippen molar-refractivity contribution in [3.05, 3.63) is 23.8 Å². The van der Waals surface area contributed by atoms with Crippen LogP contribution in [0.15, 0.2) is 18.2 Å². The lowest BCUT2D eigenvalue weighted by atomic mass is 10.2. The van der Waals surface area contributed by atoms with Crippen molar-refractivity contribution in [2.24, 2.45) is 0 Å². The molecule has 2 rings (SSSR count). The van der Waals surface area contributed by atoms with E-state index in [1.54, 1.807) is 18.2 Å². The zero-order chi connectivity index (χ0) is 12.1. The van der Waals surface area contributed by atoms with Crippen molar-refractivity contribution in [3.63, 3.8) is 0 Å². The number of ether oxygens (including phenoxy) is 3. The van der Waals surface area contributed by atoms with Crippen LogP contribution in [0.3, 0.4) is 0 Å². The summed E-state index contributed by atoms with van der Waals surface area (Å²) in [7, 11) is 0. The molecular weight excluding hydrogens is 220 g/mol. The van der Waals surface area contributed by atoms with Crippen LogP contribution in [-0.4, -0.2) is 19.4 Å². The van der Waals surface area contributed by atoms with Gasteiger partial charge in [-0.25, -0.2) is 4.79 Å². The molecule has 0 saturated heterocycles. The summed E-state index contributed by atoms with van der Waals surface area (Å²) in [5, 5.41) is 0. The maximum atomic E-state index is 11.1. The summed E-state index contributed by atoms with van der Waals surface area (Å²) in [5.74, 6) is 7.80. The number of hydrogen-bond donors (Lipinski definition) is 0. The van der Waals surface area contributed by atoms with Crippen LogP contribution in [-0.2, 0) is 9.53 Å². The minimum absolute atomic E-state index is 0.0747. The smallest absolute Gasteiger partial charge is 0.385 e. The second-order valence-corrected chi connectivity index (χ2v) is 3.10. The van der Waals surface area contributed by atoms with E-state index in [1.807, 2.05) is 0 Å². The van der Waals surface area contributed by atoms with E-state index < -0.39 is 5.97 Å². The Morgan fingerprint density at radius 1 is 1.41 bits per heavy atom. The predicted molar refractivity (Wildman–Crippen MR) is 59.2 cm³/mol. The van der Waals surface area contributed by atoms with E-state index in [1.165, 1.54) is 0 Å². The SMILES string of the molecule is C#CCOC(=O)C#Cc1ccc2c(c1)OCO2. The Morgan fingerprint density at radius 2 is 2.24 bits per heavy atom.